The molecule has 3 aromatic heterocycles. The summed E-state index contributed by atoms with van der Waals surface area (Å²) in [5.41, 5.74) is 3.04. The van der Waals surface area contributed by atoms with Gasteiger partial charge in [-0.1, -0.05) is 25.3 Å². The molecule has 1 atom stereocenters. The molecule has 1 aliphatic rings. The first-order chi connectivity index (χ1) is 12.3. The molecule has 6 nitrogen and oxygen atoms in total. The highest BCUT2D eigenvalue weighted by atomic mass is 16.3. The molecule has 4 rings (SSSR count). The summed E-state index contributed by atoms with van der Waals surface area (Å²) in [6.45, 7) is 0. The minimum absolute atomic E-state index is 0.637. The maximum absolute atomic E-state index is 10.3. The number of nitrogens with one attached hydrogen (secondary N) is 3. The number of hydrogen-bond donors (Lipinski definition) is 4. The molecule has 0 radical (unpaired) electrons. The molecule has 1 unspecified atom stereocenters. The SMILES string of the molecule is OC(Nc1ccc(C2CCCCC2)cn1)Nc1c[nH]c2cnccc12. The van der Waals surface area contributed by atoms with Gasteiger partial charge in [-0.15, -0.1) is 0 Å². The third-order valence-corrected chi connectivity index (χ3v) is 4.92. The van der Waals surface area contributed by atoms with Crippen molar-refractivity contribution < 1.29 is 5.11 Å². The monoisotopic (exact) mass is 337 g/mol. The van der Waals surface area contributed by atoms with Crippen LogP contribution in [0.15, 0.2) is 43.0 Å². The van der Waals surface area contributed by atoms with Gasteiger partial charge in [0.15, 0.2) is 0 Å². The molecule has 130 valence electrons. The minimum atomic E-state index is -0.930. The number of aliphatic hydroxyl groups is 1. The van der Waals surface area contributed by atoms with E-state index in [1.165, 1.54) is 37.7 Å². The molecular formula is C19H23N5O. The zero-order valence-electron chi connectivity index (χ0n) is 14.1. The van der Waals surface area contributed by atoms with Gasteiger partial charge in [0.1, 0.15) is 5.82 Å². The minimum Gasteiger partial charge on any atom is -0.358 e. The van der Waals surface area contributed by atoms with E-state index in [0.717, 1.165) is 16.6 Å². The molecule has 4 N–H and O–H groups in total. The summed E-state index contributed by atoms with van der Waals surface area (Å²) in [4.78, 5) is 11.7. The first kappa shape index (κ1) is 15.9. The maximum Gasteiger partial charge on any atom is 0.204 e. The molecule has 3 aromatic rings. The van der Waals surface area contributed by atoms with Crippen LogP contribution in [-0.2, 0) is 0 Å². The highest BCUT2D eigenvalue weighted by molar-refractivity contribution is 5.91. The van der Waals surface area contributed by atoms with Gasteiger partial charge < -0.3 is 20.7 Å². The quantitative estimate of drug-likeness (QED) is 0.532. The number of aliphatic hydroxyl groups excluding tert-OH is 1. The molecule has 25 heavy (non-hydrogen) atoms. The lowest BCUT2D eigenvalue weighted by Crippen LogP contribution is -2.28. The Kier molecular flexibility index (Phi) is 4.52. The third-order valence-electron chi connectivity index (χ3n) is 4.92. The number of aromatic nitrogens is 3. The normalized spacial score (nSPS) is 16.7. The zero-order valence-corrected chi connectivity index (χ0v) is 14.1. The molecule has 6 heteroatoms. The lowest BCUT2D eigenvalue weighted by atomic mass is 9.85. The molecule has 3 heterocycles. The van der Waals surface area contributed by atoms with E-state index in [1.54, 1.807) is 12.4 Å². The molecule has 1 fully saturated rings. The van der Waals surface area contributed by atoms with E-state index in [4.69, 9.17) is 0 Å². The summed E-state index contributed by atoms with van der Waals surface area (Å²) < 4.78 is 0. The summed E-state index contributed by atoms with van der Waals surface area (Å²) in [5, 5.41) is 17.3. The van der Waals surface area contributed by atoms with E-state index >= 15 is 0 Å². The second-order valence-corrected chi connectivity index (χ2v) is 6.63. The Balaban J connectivity index is 1.39. The summed E-state index contributed by atoms with van der Waals surface area (Å²) in [5.74, 6) is 1.29. The second-order valence-electron chi connectivity index (χ2n) is 6.63. The van der Waals surface area contributed by atoms with Crippen LogP contribution in [0.3, 0.4) is 0 Å². The Hall–Kier alpha value is -2.60. The Bertz CT molecular complexity index is 823. The van der Waals surface area contributed by atoms with Crippen LogP contribution in [0.5, 0.6) is 0 Å². The molecule has 0 aliphatic heterocycles. The smallest absolute Gasteiger partial charge is 0.204 e. The Morgan fingerprint density at radius 2 is 1.96 bits per heavy atom. The van der Waals surface area contributed by atoms with Crippen molar-refractivity contribution in [2.45, 2.75) is 44.4 Å². The van der Waals surface area contributed by atoms with Gasteiger partial charge in [0.2, 0.25) is 6.35 Å². The average molecular weight is 337 g/mol. The molecule has 0 spiro atoms. The van der Waals surface area contributed by atoms with E-state index in [2.05, 4.69) is 31.7 Å². The standard InChI is InChI=1S/C19H23N5O/c25-19(23-17-12-21-16-11-20-9-8-15(16)17)24-18-7-6-14(10-22-18)13-4-2-1-3-5-13/h6-13,19,21,23,25H,1-5H2,(H,22,24). The average Bonchev–Trinajstić information content (AvgIpc) is 3.06. The van der Waals surface area contributed by atoms with Crippen molar-refractivity contribution in [3.63, 3.8) is 0 Å². The van der Waals surface area contributed by atoms with E-state index in [9.17, 15) is 5.11 Å². The predicted molar refractivity (Wildman–Crippen MR) is 99.4 cm³/mol. The van der Waals surface area contributed by atoms with Crippen molar-refractivity contribution in [3.8, 4) is 0 Å². The fraction of sp³-hybridized carbons (Fsp3) is 0.368. The highest BCUT2D eigenvalue weighted by Gasteiger charge is 2.16. The van der Waals surface area contributed by atoms with Crippen molar-refractivity contribution in [1.82, 2.24) is 15.0 Å². The van der Waals surface area contributed by atoms with E-state index in [0.29, 0.717) is 11.7 Å². The third kappa shape index (κ3) is 3.58. The van der Waals surface area contributed by atoms with E-state index in [1.807, 2.05) is 24.5 Å². The van der Waals surface area contributed by atoms with Crippen molar-refractivity contribution in [2.75, 3.05) is 10.6 Å². The van der Waals surface area contributed by atoms with Crippen molar-refractivity contribution in [3.05, 3.63) is 48.5 Å². The fourth-order valence-electron chi connectivity index (χ4n) is 3.58. The first-order valence-electron chi connectivity index (χ1n) is 8.88. The molecule has 0 saturated heterocycles. The van der Waals surface area contributed by atoms with Gasteiger partial charge in [0.05, 0.1) is 17.4 Å². The van der Waals surface area contributed by atoms with Gasteiger partial charge in [-0.2, -0.15) is 0 Å². The predicted octanol–water partition coefficient (Wildman–Crippen LogP) is 3.81. The van der Waals surface area contributed by atoms with Crippen LogP contribution in [-0.4, -0.2) is 26.4 Å². The van der Waals surface area contributed by atoms with Crippen molar-refractivity contribution in [1.29, 1.82) is 0 Å². The van der Waals surface area contributed by atoms with Crippen LogP contribution in [0, 0.1) is 0 Å². The molecule has 0 aromatic carbocycles. The van der Waals surface area contributed by atoms with Crippen LogP contribution < -0.4 is 10.6 Å². The van der Waals surface area contributed by atoms with Crippen LogP contribution in [0.25, 0.3) is 10.9 Å². The molecule has 1 aliphatic carbocycles. The Morgan fingerprint density at radius 3 is 2.76 bits per heavy atom. The highest BCUT2D eigenvalue weighted by Crippen LogP contribution is 2.32. The van der Waals surface area contributed by atoms with E-state index in [-0.39, 0.29) is 0 Å². The van der Waals surface area contributed by atoms with Gasteiger partial charge in [-0.3, -0.25) is 4.98 Å². The summed E-state index contributed by atoms with van der Waals surface area (Å²) in [6, 6.07) is 5.96. The van der Waals surface area contributed by atoms with Crippen LogP contribution >= 0.6 is 0 Å². The first-order valence-corrected chi connectivity index (χ1v) is 8.88. The van der Waals surface area contributed by atoms with Gasteiger partial charge in [-0.25, -0.2) is 4.98 Å². The Labute approximate surface area is 146 Å². The number of nitrogens with zero attached hydrogens (tertiary/aromatic N) is 2. The number of aromatic amines is 1. The Morgan fingerprint density at radius 1 is 1.08 bits per heavy atom. The van der Waals surface area contributed by atoms with Gasteiger partial charge in [-0.05, 0) is 36.5 Å². The molecule has 0 bridgehead atoms. The lowest BCUT2D eigenvalue weighted by Gasteiger charge is -2.22. The largest absolute Gasteiger partial charge is 0.358 e. The fourth-order valence-corrected chi connectivity index (χ4v) is 3.58. The van der Waals surface area contributed by atoms with E-state index < -0.39 is 6.35 Å². The van der Waals surface area contributed by atoms with Crippen molar-refractivity contribution in [2.24, 2.45) is 0 Å². The summed E-state index contributed by atoms with van der Waals surface area (Å²) in [7, 11) is 0. The zero-order chi connectivity index (χ0) is 17.1. The number of pyridine rings is 2. The number of fused-ring (bicyclic) bond motifs is 1. The van der Waals surface area contributed by atoms with Crippen LogP contribution in [0.4, 0.5) is 11.5 Å². The van der Waals surface area contributed by atoms with Crippen LogP contribution in [0.2, 0.25) is 0 Å². The van der Waals surface area contributed by atoms with Crippen molar-refractivity contribution >= 4 is 22.4 Å². The molecular weight excluding hydrogens is 314 g/mol. The molecule has 1 saturated carbocycles. The summed E-state index contributed by atoms with van der Waals surface area (Å²) in [6.07, 6.45) is 12.8. The number of hydrogen-bond acceptors (Lipinski definition) is 5. The summed E-state index contributed by atoms with van der Waals surface area (Å²) >= 11 is 0. The topological polar surface area (TPSA) is 85.9 Å². The maximum atomic E-state index is 10.3. The van der Waals surface area contributed by atoms with Gasteiger partial charge >= 0.3 is 0 Å². The molecule has 0 amide bonds. The number of rotatable bonds is 5. The van der Waals surface area contributed by atoms with Gasteiger partial charge in [0.25, 0.3) is 0 Å². The number of anilines is 2. The second kappa shape index (κ2) is 7.11. The van der Waals surface area contributed by atoms with Crippen LogP contribution in [0.1, 0.15) is 43.6 Å². The van der Waals surface area contributed by atoms with Gasteiger partial charge in [0, 0.05) is 24.0 Å². The lowest BCUT2D eigenvalue weighted by molar-refractivity contribution is 0.232. The number of H-pyrrole nitrogens is 1.